The fourth-order valence-electron chi connectivity index (χ4n) is 2.90. The lowest BCUT2D eigenvalue weighted by Crippen LogP contribution is -2.32. The van der Waals surface area contributed by atoms with Crippen molar-refractivity contribution in [1.29, 1.82) is 0 Å². The number of hydrogen-bond acceptors (Lipinski definition) is 5. The van der Waals surface area contributed by atoms with Crippen LogP contribution in [0.4, 0.5) is 5.13 Å². The first-order chi connectivity index (χ1) is 11.5. The number of hydrogen-bond donors (Lipinski definition) is 0. The molecular formula is C19H27N3OS. The molecule has 0 radical (unpaired) electrons. The standard InChI is InChI=1S/C19H27N3OS/c1-19(2,3)17-20-18(24-21-17)22(13-15-7-5-4-6-8-15)14-16-9-11-23-12-10-16/h4-8,16H,9-14H2,1-3H3. The fourth-order valence-corrected chi connectivity index (χ4v) is 3.77. The second kappa shape index (κ2) is 7.62. The largest absolute Gasteiger partial charge is 0.381 e. The average Bonchev–Trinajstić information content (AvgIpc) is 3.06. The van der Waals surface area contributed by atoms with Gasteiger partial charge in [-0.3, -0.25) is 0 Å². The van der Waals surface area contributed by atoms with Crippen molar-refractivity contribution in [2.24, 2.45) is 5.92 Å². The molecule has 2 heterocycles. The van der Waals surface area contributed by atoms with E-state index in [4.69, 9.17) is 9.72 Å². The van der Waals surface area contributed by atoms with Crippen LogP contribution in [0, 0.1) is 5.92 Å². The maximum atomic E-state index is 5.51. The molecule has 0 N–H and O–H groups in total. The highest BCUT2D eigenvalue weighted by Gasteiger charge is 2.24. The van der Waals surface area contributed by atoms with Crippen molar-refractivity contribution in [1.82, 2.24) is 9.36 Å². The number of aromatic nitrogens is 2. The average molecular weight is 346 g/mol. The molecule has 1 saturated heterocycles. The van der Waals surface area contributed by atoms with Crippen LogP contribution >= 0.6 is 11.5 Å². The van der Waals surface area contributed by atoms with Gasteiger partial charge in [-0.1, -0.05) is 51.1 Å². The van der Waals surface area contributed by atoms with Crippen molar-refractivity contribution in [2.75, 3.05) is 24.7 Å². The van der Waals surface area contributed by atoms with Gasteiger partial charge in [-0.25, -0.2) is 4.98 Å². The third-order valence-electron chi connectivity index (χ3n) is 4.39. The minimum atomic E-state index is -0.00809. The summed E-state index contributed by atoms with van der Waals surface area (Å²) < 4.78 is 10.1. The lowest BCUT2D eigenvalue weighted by molar-refractivity contribution is 0.0681. The lowest BCUT2D eigenvalue weighted by Gasteiger charge is -2.29. The quantitative estimate of drug-likeness (QED) is 0.811. The van der Waals surface area contributed by atoms with Crippen molar-refractivity contribution >= 4 is 16.7 Å². The summed E-state index contributed by atoms with van der Waals surface area (Å²) >= 11 is 1.53. The van der Waals surface area contributed by atoms with Crippen molar-refractivity contribution < 1.29 is 4.74 Å². The number of rotatable bonds is 5. The molecule has 0 saturated carbocycles. The molecule has 1 aromatic carbocycles. The van der Waals surface area contributed by atoms with E-state index in [1.807, 2.05) is 0 Å². The zero-order valence-electron chi connectivity index (χ0n) is 14.9. The number of benzene rings is 1. The Labute approximate surface area is 149 Å². The molecule has 3 rings (SSSR count). The van der Waals surface area contributed by atoms with E-state index in [2.05, 4.69) is 60.4 Å². The van der Waals surface area contributed by atoms with Crippen LogP contribution in [-0.2, 0) is 16.7 Å². The second-order valence-corrected chi connectivity index (χ2v) is 8.30. The van der Waals surface area contributed by atoms with Crippen molar-refractivity contribution in [2.45, 2.75) is 45.6 Å². The van der Waals surface area contributed by atoms with Crippen molar-refractivity contribution in [3.63, 3.8) is 0 Å². The summed E-state index contributed by atoms with van der Waals surface area (Å²) in [5.41, 5.74) is 1.31. The first kappa shape index (κ1) is 17.4. The zero-order valence-corrected chi connectivity index (χ0v) is 15.7. The van der Waals surface area contributed by atoms with Crippen LogP contribution in [-0.4, -0.2) is 29.1 Å². The maximum absolute atomic E-state index is 5.51. The molecule has 130 valence electrons. The third-order valence-corrected chi connectivity index (χ3v) is 5.17. The zero-order chi connectivity index (χ0) is 17.0. The summed E-state index contributed by atoms with van der Waals surface area (Å²) in [4.78, 5) is 7.25. The molecule has 0 atom stereocenters. The normalized spacial score (nSPS) is 16.3. The smallest absolute Gasteiger partial charge is 0.205 e. The summed E-state index contributed by atoms with van der Waals surface area (Å²) in [6.45, 7) is 10.2. The topological polar surface area (TPSA) is 38.2 Å². The minimum Gasteiger partial charge on any atom is -0.381 e. The Morgan fingerprint density at radius 3 is 2.50 bits per heavy atom. The number of ether oxygens (including phenoxy) is 1. The molecule has 24 heavy (non-hydrogen) atoms. The van der Waals surface area contributed by atoms with E-state index >= 15 is 0 Å². The van der Waals surface area contributed by atoms with Gasteiger partial charge in [0.15, 0.2) is 0 Å². The van der Waals surface area contributed by atoms with Gasteiger partial charge in [-0.05, 0) is 24.3 Å². The molecule has 2 aromatic rings. The van der Waals surface area contributed by atoms with E-state index < -0.39 is 0 Å². The maximum Gasteiger partial charge on any atom is 0.205 e. The summed E-state index contributed by atoms with van der Waals surface area (Å²) in [7, 11) is 0. The van der Waals surface area contributed by atoms with Crippen LogP contribution in [0.15, 0.2) is 30.3 Å². The lowest BCUT2D eigenvalue weighted by atomic mass is 9.96. The van der Waals surface area contributed by atoms with Gasteiger partial charge in [-0.15, -0.1) is 0 Å². The van der Waals surface area contributed by atoms with Crippen LogP contribution in [0.5, 0.6) is 0 Å². The third kappa shape index (κ3) is 4.54. The predicted octanol–water partition coefficient (Wildman–Crippen LogP) is 4.27. The Kier molecular flexibility index (Phi) is 5.51. The van der Waals surface area contributed by atoms with Gasteiger partial charge >= 0.3 is 0 Å². The van der Waals surface area contributed by atoms with Gasteiger partial charge in [0, 0.05) is 43.3 Å². The monoisotopic (exact) mass is 345 g/mol. The van der Waals surface area contributed by atoms with Crippen LogP contribution in [0.25, 0.3) is 0 Å². The first-order valence-electron chi connectivity index (χ1n) is 8.73. The van der Waals surface area contributed by atoms with E-state index in [9.17, 15) is 0 Å². The van der Waals surface area contributed by atoms with Gasteiger partial charge in [0.1, 0.15) is 5.82 Å². The summed E-state index contributed by atoms with van der Waals surface area (Å²) in [5, 5.41) is 1.04. The first-order valence-corrected chi connectivity index (χ1v) is 9.50. The Balaban J connectivity index is 1.79. The Hall–Kier alpha value is -1.46. The molecule has 1 aromatic heterocycles. The summed E-state index contributed by atoms with van der Waals surface area (Å²) in [6.07, 6.45) is 2.27. The molecular weight excluding hydrogens is 318 g/mol. The molecule has 5 heteroatoms. The van der Waals surface area contributed by atoms with E-state index in [-0.39, 0.29) is 5.41 Å². The molecule has 0 aliphatic carbocycles. The highest BCUT2D eigenvalue weighted by Crippen LogP contribution is 2.28. The van der Waals surface area contributed by atoms with Crippen LogP contribution in [0.2, 0.25) is 0 Å². The van der Waals surface area contributed by atoms with Gasteiger partial charge in [-0.2, -0.15) is 4.37 Å². The van der Waals surface area contributed by atoms with Gasteiger partial charge in [0.05, 0.1) is 0 Å². The number of nitrogens with zero attached hydrogens (tertiary/aromatic N) is 3. The Morgan fingerprint density at radius 2 is 1.88 bits per heavy atom. The molecule has 1 fully saturated rings. The van der Waals surface area contributed by atoms with Crippen molar-refractivity contribution in [3.8, 4) is 0 Å². The highest BCUT2D eigenvalue weighted by molar-refractivity contribution is 7.09. The fraction of sp³-hybridized carbons (Fsp3) is 0.579. The predicted molar refractivity (Wildman–Crippen MR) is 99.6 cm³/mol. The van der Waals surface area contributed by atoms with E-state index in [1.54, 1.807) is 0 Å². The van der Waals surface area contributed by atoms with Gasteiger partial charge in [0.25, 0.3) is 0 Å². The summed E-state index contributed by atoms with van der Waals surface area (Å²) in [5.74, 6) is 1.61. The Morgan fingerprint density at radius 1 is 1.17 bits per heavy atom. The Bertz CT molecular complexity index is 630. The molecule has 0 bridgehead atoms. The molecule has 1 aliphatic rings. The molecule has 0 unspecified atom stereocenters. The SMILES string of the molecule is CC(C)(C)c1nsc(N(Cc2ccccc2)CC2CCOCC2)n1. The molecule has 0 spiro atoms. The molecule has 4 nitrogen and oxygen atoms in total. The molecule has 0 amide bonds. The van der Waals surface area contributed by atoms with Crippen LogP contribution in [0.3, 0.4) is 0 Å². The van der Waals surface area contributed by atoms with Crippen molar-refractivity contribution in [3.05, 3.63) is 41.7 Å². The van der Waals surface area contributed by atoms with Gasteiger partial charge < -0.3 is 9.64 Å². The molecule has 1 aliphatic heterocycles. The van der Waals surface area contributed by atoms with Gasteiger partial charge in [0.2, 0.25) is 5.13 Å². The van der Waals surface area contributed by atoms with Crippen LogP contribution < -0.4 is 4.90 Å². The van der Waals surface area contributed by atoms with E-state index in [0.29, 0.717) is 5.92 Å². The minimum absolute atomic E-state index is 0.00809. The van der Waals surface area contributed by atoms with Crippen LogP contribution in [0.1, 0.15) is 45.0 Å². The van der Waals surface area contributed by atoms with E-state index in [0.717, 1.165) is 50.1 Å². The summed E-state index contributed by atoms with van der Waals surface area (Å²) in [6, 6.07) is 10.6. The second-order valence-electron chi connectivity index (χ2n) is 7.57. The highest BCUT2D eigenvalue weighted by atomic mass is 32.1. The number of anilines is 1. The van der Waals surface area contributed by atoms with E-state index in [1.165, 1.54) is 17.1 Å².